The summed E-state index contributed by atoms with van der Waals surface area (Å²) in [6.07, 6.45) is 7.09. The molecule has 0 radical (unpaired) electrons. The lowest BCUT2D eigenvalue weighted by Crippen LogP contribution is -2.05. The molecule has 19 heavy (non-hydrogen) atoms. The first kappa shape index (κ1) is 15.8. The van der Waals surface area contributed by atoms with Gasteiger partial charge in [0.05, 0.1) is 0 Å². The zero-order chi connectivity index (χ0) is 14.3. The van der Waals surface area contributed by atoms with Crippen LogP contribution < -0.4 is 0 Å². The van der Waals surface area contributed by atoms with Gasteiger partial charge in [-0.05, 0) is 57.1 Å². The monoisotopic (exact) mass is 256 g/mol. The lowest BCUT2D eigenvalue weighted by atomic mass is 9.88. The van der Waals surface area contributed by atoms with Crippen molar-refractivity contribution in [2.24, 2.45) is 5.92 Å². The summed E-state index contributed by atoms with van der Waals surface area (Å²) in [6, 6.07) is 8.71. The molecule has 0 aliphatic rings. The van der Waals surface area contributed by atoms with Gasteiger partial charge in [0.15, 0.2) is 0 Å². The molecule has 1 aromatic rings. The highest BCUT2D eigenvalue weighted by Crippen LogP contribution is 2.24. The molecule has 0 amide bonds. The summed E-state index contributed by atoms with van der Waals surface area (Å²) in [6.45, 7) is 13.0. The predicted molar refractivity (Wildman–Crippen MR) is 86.5 cm³/mol. The summed E-state index contributed by atoms with van der Waals surface area (Å²) >= 11 is 0. The van der Waals surface area contributed by atoms with Gasteiger partial charge in [0.2, 0.25) is 0 Å². The lowest BCUT2D eigenvalue weighted by Gasteiger charge is -2.18. The van der Waals surface area contributed by atoms with Gasteiger partial charge in [-0.15, -0.1) is 0 Å². The highest BCUT2D eigenvalue weighted by atomic mass is 14.2. The summed E-state index contributed by atoms with van der Waals surface area (Å²) in [5, 5.41) is 0. The van der Waals surface area contributed by atoms with Crippen LogP contribution in [-0.2, 0) is 6.42 Å². The van der Waals surface area contributed by atoms with Crippen LogP contribution in [0.3, 0.4) is 0 Å². The van der Waals surface area contributed by atoms with E-state index in [0.717, 1.165) is 6.42 Å². The maximum Gasteiger partial charge on any atom is -0.0165 e. The van der Waals surface area contributed by atoms with Gasteiger partial charge in [-0.25, -0.2) is 0 Å². The topological polar surface area (TPSA) is 0 Å². The van der Waals surface area contributed by atoms with E-state index in [0.29, 0.717) is 5.92 Å². The van der Waals surface area contributed by atoms with E-state index in [4.69, 9.17) is 0 Å². The minimum Gasteiger partial charge on any atom is -0.0956 e. The zero-order valence-electron chi connectivity index (χ0n) is 13.0. The molecule has 0 aliphatic carbocycles. The maximum absolute atomic E-state index is 4.27. The van der Waals surface area contributed by atoms with Gasteiger partial charge < -0.3 is 0 Å². The van der Waals surface area contributed by atoms with Gasteiger partial charge in [-0.3, -0.25) is 0 Å². The van der Waals surface area contributed by atoms with Gasteiger partial charge >= 0.3 is 0 Å². The first-order chi connectivity index (χ1) is 9.04. The van der Waals surface area contributed by atoms with Gasteiger partial charge in [0, 0.05) is 0 Å². The van der Waals surface area contributed by atoms with Crippen LogP contribution >= 0.6 is 0 Å². The molecule has 0 heteroatoms. The van der Waals surface area contributed by atoms with Crippen LogP contribution in [0.5, 0.6) is 0 Å². The van der Waals surface area contributed by atoms with Crippen molar-refractivity contribution in [3.63, 3.8) is 0 Å². The highest BCUT2D eigenvalue weighted by molar-refractivity contribution is 5.27. The molecular formula is C19H28. The Hall–Kier alpha value is -1.30. The second kappa shape index (κ2) is 7.99. The molecule has 1 aromatic carbocycles. The van der Waals surface area contributed by atoms with Crippen molar-refractivity contribution >= 4 is 0 Å². The van der Waals surface area contributed by atoms with Crippen molar-refractivity contribution in [3.05, 3.63) is 59.2 Å². The van der Waals surface area contributed by atoms with Gasteiger partial charge in [0.25, 0.3) is 0 Å². The molecule has 104 valence electrons. The second-order valence-corrected chi connectivity index (χ2v) is 5.75. The minimum atomic E-state index is 0.625. The molecule has 0 heterocycles. The Morgan fingerprint density at radius 2 is 1.89 bits per heavy atom. The predicted octanol–water partition coefficient (Wildman–Crippen LogP) is 5.87. The van der Waals surface area contributed by atoms with Crippen LogP contribution in [0.15, 0.2) is 48.1 Å². The molecule has 0 N–H and O–H groups in total. The average Bonchev–Trinajstić information content (AvgIpc) is 2.35. The van der Waals surface area contributed by atoms with E-state index in [1.54, 1.807) is 0 Å². The van der Waals surface area contributed by atoms with E-state index in [-0.39, 0.29) is 0 Å². The lowest BCUT2D eigenvalue weighted by molar-refractivity contribution is 0.519. The fraction of sp³-hybridized carbons (Fsp3) is 0.474. The van der Waals surface area contributed by atoms with Gasteiger partial charge in [-0.2, -0.15) is 0 Å². The number of aryl methyl sites for hydroxylation is 2. The van der Waals surface area contributed by atoms with Crippen LogP contribution in [0.4, 0.5) is 0 Å². The standard InChI is InChI=1S/C19H28/c1-6-9-18(17(5)14-15(2)3)12-13-19-11-8-7-10-16(19)4/h7-8,10-11,14,18H,5-6,9,12-13H2,1-4H3. The molecule has 1 rings (SSSR count). The largest absolute Gasteiger partial charge is 0.0956 e. The Balaban J connectivity index is 2.67. The Bertz CT molecular complexity index is 433. The van der Waals surface area contributed by atoms with Crippen molar-refractivity contribution in [2.75, 3.05) is 0 Å². The number of allylic oxidation sites excluding steroid dienone is 3. The molecule has 1 unspecified atom stereocenters. The van der Waals surface area contributed by atoms with Gasteiger partial charge in [-0.1, -0.05) is 61.4 Å². The zero-order valence-corrected chi connectivity index (χ0v) is 13.0. The first-order valence-electron chi connectivity index (χ1n) is 7.42. The summed E-state index contributed by atoms with van der Waals surface area (Å²) in [5.41, 5.74) is 5.54. The normalized spacial score (nSPS) is 12.0. The Morgan fingerprint density at radius 3 is 2.47 bits per heavy atom. The third-order valence-corrected chi connectivity index (χ3v) is 3.66. The number of hydrogen-bond acceptors (Lipinski definition) is 0. The van der Waals surface area contributed by atoms with Gasteiger partial charge in [0.1, 0.15) is 0 Å². The van der Waals surface area contributed by atoms with Crippen LogP contribution in [-0.4, -0.2) is 0 Å². The molecule has 0 bridgehead atoms. The summed E-state index contributed by atoms with van der Waals surface area (Å²) in [5.74, 6) is 0.625. The van der Waals surface area contributed by atoms with Crippen molar-refractivity contribution in [1.29, 1.82) is 0 Å². The Labute approximate surface area is 119 Å². The first-order valence-corrected chi connectivity index (χ1v) is 7.42. The molecule has 0 saturated carbocycles. The van der Waals surface area contributed by atoms with E-state index in [1.807, 2.05) is 0 Å². The fourth-order valence-electron chi connectivity index (χ4n) is 2.57. The van der Waals surface area contributed by atoms with E-state index in [2.05, 4.69) is 64.6 Å². The second-order valence-electron chi connectivity index (χ2n) is 5.75. The van der Waals surface area contributed by atoms with E-state index in [1.165, 1.54) is 41.5 Å². The number of hydrogen-bond donors (Lipinski definition) is 0. The van der Waals surface area contributed by atoms with Crippen molar-refractivity contribution in [3.8, 4) is 0 Å². The Morgan fingerprint density at radius 1 is 1.21 bits per heavy atom. The van der Waals surface area contributed by atoms with Crippen LogP contribution in [0.1, 0.15) is 51.2 Å². The molecule has 0 spiro atoms. The van der Waals surface area contributed by atoms with Crippen molar-refractivity contribution in [1.82, 2.24) is 0 Å². The molecule has 1 atom stereocenters. The summed E-state index contributed by atoms with van der Waals surface area (Å²) < 4.78 is 0. The summed E-state index contributed by atoms with van der Waals surface area (Å²) in [4.78, 5) is 0. The quantitative estimate of drug-likeness (QED) is 0.535. The molecule has 0 aromatic heterocycles. The highest BCUT2D eigenvalue weighted by Gasteiger charge is 2.11. The minimum absolute atomic E-state index is 0.625. The van der Waals surface area contributed by atoms with Crippen LogP contribution in [0.25, 0.3) is 0 Å². The third kappa shape index (κ3) is 5.46. The van der Waals surface area contributed by atoms with E-state index in [9.17, 15) is 0 Å². The number of rotatable bonds is 7. The maximum atomic E-state index is 4.27. The molecule has 0 saturated heterocycles. The average molecular weight is 256 g/mol. The Kier molecular flexibility index (Phi) is 6.62. The van der Waals surface area contributed by atoms with Crippen LogP contribution in [0.2, 0.25) is 0 Å². The number of benzene rings is 1. The van der Waals surface area contributed by atoms with Crippen LogP contribution in [0, 0.1) is 12.8 Å². The smallest absolute Gasteiger partial charge is 0.0165 e. The molecule has 0 aliphatic heterocycles. The fourth-order valence-corrected chi connectivity index (χ4v) is 2.57. The molecular weight excluding hydrogens is 228 g/mol. The SMILES string of the molecule is C=C(C=C(C)C)C(CCC)CCc1ccccc1C. The summed E-state index contributed by atoms with van der Waals surface area (Å²) in [7, 11) is 0. The third-order valence-electron chi connectivity index (χ3n) is 3.66. The van der Waals surface area contributed by atoms with E-state index >= 15 is 0 Å². The molecule has 0 fully saturated rings. The van der Waals surface area contributed by atoms with Crippen molar-refractivity contribution < 1.29 is 0 Å². The van der Waals surface area contributed by atoms with Crippen molar-refractivity contribution in [2.45, 2.75) is 53.4 Å². The molecule has 0 nitrogen and oxygen atoms in total. The van der Waals surface area contributed by atoms with E-state index < -0.39 is 0 Å².